The highest BCUT2D eigenvalue weighted by Gasteiger charge is 2.57. The summed E-state index contributed by atoms with van der Waals surface area (Å²) in [5, 5.41) is 14.7. The lowest BCUT2D eigenvalue weighted by Crippen LogP contribution is -2.42. The Kier molecular flexibility index (Phi) is 4.80. The highest BCUT2D eigenvalue weighted by atomic mass is 14.9. The predicted octanol–water partition coefficient (Wildman–Crippen LogP) is 10.6. The Hall–Kier alpha value is -4.61. The molecule has 0 aliphatic heterocycles. The van der Waals surface area contributed by atoms with Crippen molar-refractivity contribution in [3.8, 4) is 28.3 Å². The molecule has 0 fully saturated rings. The fraction of sp³-hybridized carbons (Fsp3) is 0.225. The number of nitrogens with zero attached hydrogens (tertiary/aromatic N) is 2. The first kappa shape index (κ1) is 25.1. The van der Waals surface area contributed by atoms with Gasteiger partial charge in [-0.2, -0.15) is 5.26 Å². The van der Waals surface area contributed by atoms with Crippen molar-refractivity contribution in [2.24, 2.45) is 5.41 Å². The van der Waals surface area contributed by atoms with E-state index in [2.05, 4.69) is 137 Å². The molecule has 2 aromatic heterocycles. The maximum Gasteiger partial charge on any atom is 0.0991 e. The lowest BCUT2D eigenvalue weighted by atomic mass is 9.59. The SMILES string of the molecule is CC1(C)c2cc(-c3ccc(C#N)cc3)c(-c3ccc4c(c3)c3cccc5c6ccccc6n4c53)cc2C(C)(C)C1(C)C. The van der Waals surface area contributed by atoms with E-state index in [0.717, 1.165) is 5.56 Å². The van der Waals surface area contributed by atoms with E-state index >= 15 is 0 Å². The third-order valence-corrected chi connectivity index (χ3v) is 11.5. The van der Waals surface area contributed by atoms with Crippen LogP contribution in [0.25, 0.3) is 60.3 Å². The minimum Gasteiger partial charge on any atom is -0.308 e. The predicted molar refractivity (Wildman–Crippen MR) is 177 cm³/mol. The van der Waals surface area contributed by atoms with Crippen LogP contribution >= 0.6 is 0 Å². The molecule has 0 spiro atoms. The van der Waals surface area contributed by atoms with Gasteiger partial charge in [-0.25, -0.2) is 0 Å². The zero-order valence-corrected chi connectivity index (χ0v) is 25.1. The van der Waals surface area contributed by atoms with Gasteiger partial charge in [0.2, 0.25) is 0 Å². The maximum absolute atomic E-state index is 9.47. The molecule has 2 nitrogen and oxygen atoms in total. The van der Waals surface area contributed by atoms with Gasteiger partial charge in [0, 0.05) is 21.5 Å². The minimum absolute atomic E-state index is 0.00333. The number of nitriles is 1. The summed E-state index contributed by atoms with van der Waals surface area (Å²) < 4.78 is 2.44. The summed E-state index contributed by atoms with van der Waals surface area (Å²) in [5.41, 5.74) is 12.3. The molecule has 0 radical (unpaired) electrons. The van der Waals surface area contributed by atoms with E-state index in [1.54, 1.807) is 0 Å². The first-order valence-corrected chi connectivity index (χ1v) is 14.9. The highest BCUT2D eigenvalue weighted by Crippen LogP contribution is 2.62. The van der Waals surface area contributed by atoms with Gasteiger partial charge in [0.15, 0.2) is 0 Å². The van der Waals surface area contributed by atoms with Crippen molar-refractivity contribution >= 4 is 38.1 Å². The van der Waals surface area contributed by atoms with Crippen molar-refractivity contribution in [3.63, 3.8) is 0 Å². The zero-order chi connectivity index (χ0) is 29.2. The minimum atomic E-state index is 0.00333. The Bertz CT molecular complexity index is 2270. The van der Waals surface area contributed by atoms with E-state index in [1.165, 1.54) is 65.9 Å². The average molecular weight is 543 g/mol. The molecule has 0 saturated heterocycles. The number of hydrogen-bond donors (Lipinski definition) is 0. The van der Waals surface area contributed by atoms with E-state index in [1.807, 2.05) is 12.1 Å². The summed E-state index contributed by atoms with van der Waals surface area (Å²) in [6, 6.07) is 37.8. The second-order valence-corrected chi connectivity index (χ2v) is 13.8. The Morgan fingerprint density at radius 1 is 0.548 bits per heavy atom. The standard InChI is InChI=1S/C40H34N2/c1-38(2)33-21-30(25-16-14-24(23-41)15-17-25)31(22-34(33)39(3,4)40(38,5)6)26-18-19-36-32(20-26)29-12-9-11-28-27-10-7-8-13-35(27)42(36)37(28)29/h7-22H,1-6H3. The van der Waals surface area contributed by atoms with Crippen molar-refractivity contribution in [1.82, 2.24) is 4.40 Å². The van der Waals surface area contributed by atoms with Gasteiger partial charge in [0.1, 0.15) is 0 Å². The molecule has 42 heavy (non-hydrogen) atoms. The quantitative estimate of drug-likeness (QED) is 0.213. The molecule has 1 aliphatic rings. The maximum atomic E-state index is 9.47. The van der Waals surface area contributed by atoms with Gasteiger partial charge >= 0.3 is 0 Å². The van der Waals surface area contributed by atoms with E-state index in [4.69, 9.17) is 0 Å². The summed E-state index contributed by atoms with van der Waals surface area (Å²) in [7, 11) is 0. The molecular weight excluding hydrogens is 508 g/mol. The fourth-order valence-electron chi connectivity index (χ4n) is 7.89. The van der Waals surface area contributed by atoms with Crippen LogP contribution in [0.4, 0.5) is 0 Å². The van der Waals surface area contributed by atoms with E-state index in [9.17, 15) is 5.26 Å². The topological polar surface area (TPSA) is 28.2 Å². The third kappa shape index (κ3) is 2.94. The number of hydrogen-bond acceptors (Lipinski definition) is 1. The van der Waals surface area contributed by atoms with Gasteiger partial charge in [-0.15, -0.1) is 0 Å². The highest BCUT2D eigenvalue weighted by molar-refractivity contribution is 6.23. The molecule has 0 saturated carbocycles. The van der Waals surface area contributed by atoms with Crippen LogP contribution in [0, 0.1) is 16.7 Å². The zero-order valence-electron chi connectivity index (χ0n) is 25.1. The van der Waals surface area contributed by atoms with Crippen LogP contribution in [0.2, 0.25) is 0 Å². The van der Waals surface area contributed by atoms with Crippen LogP contribution < -0.4 is 0 Å². The Morgan fingerprint density at radius 2 is 1.10 bits per heavy atom. The molecule has 2 heterocycles. The Balaban J connectivity index is 1.45. The normalized spacial score (nSPS) is 16.9. The largest absolute Gasteiger partial charge is 0.308 e. The van der Waals surface area contributed by atoms with Gasteiger partial charge in [-0.3, -0.25) is 0 Å². The van der Waals surface area contributed by atoms with E-state index in [0.29, 0.717) is 5.56 Å². The summed E-state index contributed by atoms with van der Waals surface area (Å²) in [4.78, 5) is 0. The molecule has 0 unspecified atom stereocenters. The van der Waals surface area contributed by atoms with Crippen LogP contribution in [0.3, 0.4) is 0 Å². The third-order valence-electron chi connectivity index (χ3n) is 11.5. The van der Waals surface area contributed by atoms with Crippen molar-refractivity contribution in [3.05, 3.63) is 114 Å². The fourth-order valence-corrected chi connectivity index (χ4v) is 7.89. The van der Waals surface area contributed by atoms with E-state index in [-0.39, 0.29) is 16.2 Å². The Morgan fingerprint density at radius 3 is 1.76 bits per heavy atom. The summed E-state index contributed by atoms with van der Waals surface area (Å²) in [6.07, 6.45) is 0. The lowest BCUT2D eigenvalue weighted by Gasteiger charge is -2.44. The molecule has 5 aromatic carbocycles. The number of benzene rings is 5. The Labute approximate surface area is 247 Å². The van der Waals surface area contributed by atoms with Crippen LogP contribution in [-0.2, 0) is 10.8 Å². The van der Waals surface area contributed by atoms with Crippen LogP contribution in [0.15, 0.2) is 97.1 Å². The first-order chi connectivity index (χ1) is 20.1. The monoisotopic (exact) mass is 542 g/mol. The molecule has 0 bridgehead atoms. The molecule has 7 aromatic rings. The molecule has 0 amide bonds. The van der Waals surface area contributed by atoms with Crippen molar-refractivity contribution < 1.29 is 0 Å². The number of para-hydroxylation sites is 2. The van der Waals surface area contributed by atoms with Crippen LogP contribution in [-0.4, -0.2) is 4.40 Å². The van der Waals surface area contributed by atoms with Crippen molar-refractivity contribution in [1.29, 1.82) is 5.26 Å². The van der Waals surface area contributed by atoms with Gasteiger partial charge in [0.05, 0.1) is 28.2 Å². The number of fused-ring (bicyclic) bond motifs is 7. The molecule has 2 heteroatoms. The molecule has 204 valence electrons. The molecular formula is C40H34N2. The summed E-state index contributed by atoms with van der Waals surface area (Å²) in [6.45, 7) is 14.5. The molecule has 0 N–H and O–H groups in total. The van der Waals surface area contributed by atoms with E-state index < -0.39 is 0 Å². The van der Waals surface area contributed by atoms with Gasteiger partial charge in [-0.05, 0) is 92.1 Å². The number of rotatable bonds is 2. The summed E-state index contributed by atoms with van der Waals surface area (Å²) >= 11 is 0. The smallest absolute Gasteiger partial charge is 0.0991 e. The summed E-state index contributed by atoms with van der Waals surface area (Å²) in [5.74, 6) is 0. The average Bonchev–Trinajstić information content (AvgIpc) is 3.55. The van der Waals surface area contributed by atoms with Crippen molar-refractivity contribution in [2.75, 3.05) is 0 Å². The molecule has 1 aliphatic carbocycles. The van der Waals surface area contributed by atoms with Gasteiger partial charge < -0.3 is 4.40 Å². The molecule has 0 atom stereocenters. The van der Waals surface area contributed by atoms with Gasteiger partial charge in [0.25, 0.3) is 0 Å². The second kappa shape index (κ2) is 8.02. The van der Waals surface area contributed by atoms with Gasteiger partial charge in [-0.1, -0.05) is 96.1 Å². The molecule has 8 rings (SSSR count). The van der Waals surface area contributed by atoms with Crippen molar-refractivity contribution in [2.45, 2.75) is 52.4 Å². The van der Waals surface area contributed by atoms with Crippen LogP contribution in [0.1, 0.15) is 58.2 Å². The van der Waals surface area contributed by atoms with Crippen LogP contribution in [0.5, 0.6) is 0 Å². The lowest BCUT2D eigenvalue weighted by molar-refractivity contribution is 0.125. The first-order valence-electron chi connectivity index (χ1n) is 14.9. The number of aromatic nitrogens is 1. The second-order valence-electron chi connectivity index (χ2n) is 13.8.